The molecule has 0 radical (unpaired) electrons. The van der Waals surface area contributed by atoms with Crippen molar-refractivity contribution >= 4 is 15.9 Å². The van der Waals surface area contributed by atoms with E-state index in [-0.39, 0.29) is 17.9 Å². The third kappa shape index (κ3) is 2.22. The molecular weight excluding hydrogens is 256 g/mol. The third-order valence-electron chi connectivity index (χ3n) is 1.96. The van der Waals surface area contributed by atoms with Crippen molar-refractivity contribution in [3.8, 4) is 5.75 Å². The zero-order valence-corrected chi connectivity index (χ0v) is 8.84. The predicted octanol–water partition coefficient (Wildman–Crippen LogP) is 2.46. The Kier molecular flexibility index (Phi) is 3.83. The van der Waals surface area contributed by atoms with Gasteiger partial charge in [-0.15, -0.1) is 0 Å². The van der Waals surface area contributed by atoms with Crippen LogP contribution in [0.15, 0.2) is 22.7 Å². The maximum Gasteiger partial charge on any atom is 0.246 e. The molecule has 0 aliphatic carbocycles. The summed E-state index contributed by atoms with van der Waals surface area (Å²) in [6.07, 6.45) is -2.58. The molecule has 1 unspecified atom stereocenters. The number of rotatable bonds is 3. The Morgan fingerprint density at radius 3 is 2.50 bits per heavy atom. The fourth-order valence-electron chi connectivity index (χ4n) is 1.24. The van der Waals surface area contributed by atoms with Crippen molar-refractivity contribution < 1.29 is 13.9 Å². The quantitative estimate of drug-likeness (QED) is 0.882. The zero-order chi connectivity index (χ0) is 10.7. The Morgan fingerprint density at radius 2 is 2.07 bits per heavy atom. The second-order valence-corrected chi connectivity index (χ2v) is 3.70. The number of aromatic hydroxyl groups is 1. The normalized spacial score (nSPS) is 13.2. The van der Waals surface area contributed by atoms with Gasteiger partial charge < -0.3 is 10.8 Å². The van der Waals surface area contributed by atoms with Crippen molar-refractivity contribution in [2.75, 3.05) is 6.54 Å². The number of benzene rings is 1. The summed E-state index contributed by atoms with van der Waals surface area (Å²) >= 11 is 3.11. The lowest BCUT2D eigenvalue weighted by Crippen LogP contribution is -2.20. The molecule has 0 aliphatic rings. The van der Waals surface area contributed by atoms with E-state index in [1.165, 1.54) is 6.07 Å². The SMILES string of the molecule is NCC(c1c(O)cccc1Br)C(F)F. The highest BCUT2D eigenvalue weighted by Crippen LogP contribution is 2.35. The highest BCUT2D eigenvalue weighted by molar-refractivity contribution is 9.10. The molecular formula is C9H10BrF2NO. The summed E-state index contributed by atoms with van der Waals surface area (Å²) in [5, 5.41) is 9.42. The first-order chi connectivity index (χ1) is 6.57. The Labute approximate surface area is 88.9 Å². The fourth-order valence-corrected chi connectivity index (χ4v) is 1.89. The number of hydrogen-bond acceptors (Lipinski definition) is 2. The first kappa shape index (κ1) is 11.4. The molecule has 1 rings (SSSR count). The molecule has 3 N–H and O–H groups in total. The largest absolute Gasteiger partial charge is 0.508 e. The molecule has 1 aromatic rings. The van der Waals surface area contributed by atoms with Gasteiger partial charge in [-0.2, -0.15) is 0 Å². The van der Waals surface area contributed by atoms with Gasteiger partial charge in [-0.1, -0.05) is 22.0 Å². The number of hydrogen-bond donors (Lipinski definition) is 2. The van der Waals surface area contributed by atoms with Crippen LogP contribution in [0.3, 0.4) is 0 Å². The minimum atomic E-state index is -2.58. The first-order valence-corrected chi connectivity index (χ1v) is 4.82. The van der Waals surface area contributed by atoms with Crippen LogP contribution in [0.25, 0.3) is 0 Å². The van der Waals surface area contributed by atoms with Gasteiger partial charge in [0, 0.05) is 16.6 Å². The Hall–Kier alpha value is -0.680. The summed E-state index contributed by atoms with van der Waals surface area (Å²) in [5.41, 5.74) is 5.40. The molecule has 0 bridgehead atoms. The molecule has 0 aromatic heterocycles. The van der Waals surface area contributed by atoms with Gasteiger partial charge in [-0.25, -0.2) is 8.78 Å². The van der Waals surface area contributed by atoms with Gasteiger partial charge >= 0.3 is 0 Å². The predicted molar refractivity (Wildman–Crippen MR) is 53.6 cm³/mol. The summed E-state index contributed by atoms with van der Waals surface area (Å²) in [5.74, 6) is -1.29. The van der Waals surface area contributed by atoms with Gasteiger partial charge in [-0.05, 0) is 12.1 Å². The van der Waals surface area contributed by atoms with E-state index in [1.54, 1.807) is 12.1 Å². The molecule has 0 fully saturated rings. The molecule has 0 saturated heterocycles. The molecule has 0 spiro atoms. The number of halogens is 3. The average Bonchev–Trinajstić information content (AvgIpc) is 2.10. The summed E-state index contributed by atoms with van der Waals surface area (Å²) in [4.78, 5) is 0. The molecule has 0 aliphatic heterocycles. The van der Waals surface area contributed by atoms with Gasteiger partial charge in [-0.3, -0.25) is 0 Å². The molecule has 0 saturated carbocycles. The van der Waals surface area contributed by atoms with Gasteiger partial charge in [0.15, 0.2) is 0 Å². The van der Waals surface area contributed by atoms with Crippen molar-refractivity contribution in [3.05, 3.63) is 28.2 Å². The highest BCUT2D eigenvalue weighted by atomic mass is 79.9. The molecule has 14 heavy (non-hydrogen) atoms. The topological polar surface area (TPSA) is 46.2 Å². The monoisotopic (exact) mass is 265 g/mol. The molecule has 0 heterocycles. The van der Waals surface area contributed by atoms with Crippen LogP contribution in [0.4, 0.5) is 8.78 Å². The highest BCUT2D eigenvalue weighted by Gasteiger charge is 2.25. The van der Waals surface area contributed by atoms with Crippen LogP contribution in [0.5, 0.6) is 5.75 Å². The van der Waals surface area contributed by atoms with Crippen molar-refractivity contribution in [3.63, 3.8) is 0 Å². The van der Waals surface area contributed by atoms with E-state index in [4.69, 9.17) is 5.73 Å². The van der Waals surface area contributed by atoms with Crippen LogP contribution in [0, 0.1) is 0 Å². The number of phenolic OH excluding ortho intramolecular Hbond substituents is 1. The summed E-state index contributed by atoms with van der Waals surface area (Å²) in [6, 6.07) is 4.53. The van der Waals surface area contributed by atoms with E-state index in [1.807, 2.05) is 0 Å². The standard InChI is InChI=1S/C9H10BrF2NO/c10-6-2-1-3-7(14)8(6)5(4-13)9(11)12/h1-3,5,9,14H,4,13H2. The fraction of sp³-hybridized carbons (Fsp3) is 0.333. The lowest BCUT2D eigenvalue weighted by Gasteiger charge is -2.16. The van der Waals surface area contributed by atoms with E-state index in [9.17, 15) is 13.9 Å². The third-order valence-corrected chi connectivity index (χ3v) is 2.65. The van der Waals surface area contributed by atoms with E-state index in [2.05, 4.69) is 15.9 Å². The first-order valence-electron chi connectivity index (χ1n) is 4.03. The van der Waals surface area contributed by atoms with Crippen molar-refractivity contribution in [2.45, 2.75) is 12.3 Å². The lowest BCUT2D eigenvalue weighted by molar-refractivity contribution is 0.115. The molecule has 1 aromatic carbocycles. The smallest absolute Gasteiger partial charge is 0.246 e. The number of nitrogens with two attached hydrogens (primary N) is 1. The Morgan fingerprint density at radius 1 is 1.43 bits per heavy atom. The van der Waals surface area contributed by atoms with E-state index >= 15 is 0 Å². The molecule has 2 nitrogen and oxygen atoms in total. The van der Waals surface area contributed by atoms with Crippen LogP contribution in [-0.2, 0) is 0 Å². The minimum absolute atomic E-state index is 0.157. The summed E-state index contributed by atoms with van der Waals surface area (Å²) in [7, 11) is 0. The summed E-state index contributed by atoms with van der Waals surface area (Å²) in [6.45, 7) is -0.201. The minimum Gasteiger partial charge on any atom is -0.508 e. The maximum atomic E-state index is 12.5. The zero-order valence-electron chi connectivity index (χ0n) is 7.25. The Bertz CT molecular complexity index is 299. The molecule has 0 amide bonds. The second kappa shape index (κ2) is 4.70. The number of alkyl halides is 2. The lowest BCUT2D eigenvalue weighted by atomic mass is 9.99. The van der Waals surface area contributed by atoms with Crippen LogP contribution >= 0.6 is 15.9 Å². The van der Waals surface area contributed by atoms with Gasteiger partial charge in [0.2, 0.25) is 6.43 Å². The maximum absolute atomic E-state index is 12.5. The van der Waals surface area contributed by atoms with E-state index in [0.717, 1.165) is 0 Å². The van der Waals surface area contributed by atoms with Gasteiger partial charge in [0.25, 0.3) is 0 Å². The van der Waals surface area contributed by atoms with Crippen molar-refractivity contribution in [2.24, 2.45) is 5.73 Å². The van der Waals surface area contributed by atoms with Crippen LogP contribution in [-0.4, -0.2) is 18.1 Å². The van der Waals surface area contributed by atoms with E-state index in [0.29, 0.717) is 4.47 Å². The molecule has 5 heteroatoms. The number of phenols is 1. The van der Waals surface area contributed by atoms with Crippen LogP contribution < -0.4 is 5.73 Å². The second-order valence-electron chi connectivity index (χ2n) is 2.85. The Balaban J connectivity index is 3.15. The van der Waals surface area contributed by atoms with Crippen LogP contribution in [0.1, 0.15) is 11.5 Å². The van der Waals surface area contributed by atoms with Crippen molar-refractivity contribution in [1.82, 2.24) is 0 Å². The molecule has 1 atom stereocenters. The van der Waals surface area contributed by atoms with E-state index < -0.39 is 12.3 Å². The van der Waals surface area contributed by atoms with Crippen LogP contribution in [0.2, 0.25) is 0 Å². The molecule has 78 valence electrons. The van der Waals surface area contributed by atoms with Gasteiger partial charge in [0.05, 0.1) is 5.92 Å². The van der Waals surface area contributed by atoms with Gasteiger partial charge in [0.1, 0.15) is 5.75 Å². The van der Waals surface area contributed by atoms with Crippen molar-refractivity contribution in [1.29, 1.82) is 0 Å². The average molecular weight is 266 g/mol. The summed E-state index contributed by atoms with van der Waals surface area (Å²) < 4.78 is 25.5.